The normalized spacial score (nSPS) is 26.8. The zero-order chi connectivity index (χ0) is 13.1. The van der Waals surface area contributed by atoms with Gasteiger partial charge in [0.15, 0.2) is 0 Å². The van der Waals surface area contributed by atoms with Gasteiger partial charge in [0.25, 0.3) is 0 Å². The zero-order valence-corrected chi connectivity index (χ0v) is 11.7. The maximum absolute atomic E-state index is 6.08. The first-order chi connectivity index (χ1) is 9.27. The van der Waals surface area contributed by atoms with Crippen LogP contribution in [0.4, 0.5) is 0 Å². The Bertz CT molecular complexity index is 438. The lowest BCUT2D eigenvalue weighted by molar-refractivity contribution is -0.0889. The number of hydrogen-bond donors (Lipinski definition) is 1. The highest BCUT2D eigenvalue weighted by molar-refractivity contribution is 5.41. The fourth-order valence-electron chi connectivity index (χ4n) is 2.95. The van der Waals surface area contributed by atoms with Gasteiger partial charge in [0.1, 0.15) is 12.4 Å². The Labute approximate surface area is 115 Å². The van der Waals surface area contributed by atoms with Crippen LogP contribution in [0.15, 0.2) is 18.2 Å². The van der Waals surface area contributed by atoms with Gasteiger partial charge >= 0.3 is 0 Å². The Morgan fingerprint density at radius 1 is 1.37 bits per heavy atom. The van der Waals surface area contributed by atoms with Gasteiger partial charge in [-0.1, -0.05) is 12.1 Å². The van der Waals surface area contributed by atoms with Gasteiger partial charge in [0.2, 0.25) is 0 Å². The van der Waals surface area contributed by atoms with E-state index in [4.69, 9.17) is 9.47 Å². The molecule has 1 unspecified atom stereocenters. The van der Waals surface area contributed by atoms with Crippen molar-refractivity contribution in [2.24, 2.45) is 0 Å². The molecule has 3 heteroatoms. The lowest BCUT2D eigenvalue weighted by Crippen LogP contribution is -2.39. The molecule has 0 aromatic heterocycles. The van der Waals surface area contributed by atoms with Crippen molar-refractivity contribution in [3.05, 3.63) is 29.3 Å². The number of benzene rings is 1. The third-order valence-electron chi connectivity index (χ3n) is 4.19. The Hall–Kier alpha value is -1.06. The van der Waals surface area contributed by atoms with Crippen molar-refractivity contribution in [1.82, 2.24) is 5.32 Å². The number of ether oxygens (including phenoxy) is 2. The van der Waals surface area contributed by atoms with E-state index in [1.165, 1.54) is 24.0 Å². The van der Waals surface area contributed by atoms with Crippen LogP contribution in [0.1, 0.15) is 37.3 Å². The van der Waals surface area contributed by atoms with Gasteiger partial charge in [0.05, 0.1) is 5.60 Å². The quantitative estimate of drug-likeness (QED) is 0.907. The summed E-state index contributed by atoms with van der Waals surface area (Å²) in [5, 5.41) is 3.42. The standard InChI is InChI=1S/C16H23NO2/c1-16(8-2-3-10-19-16)12-18-15-6-4-5-13-7-9-17-11-14(13)15/h4-6,17H,2-3,7-12H2,1H3. The van der Waals surface area contributed by atoms with Crippen LogP contribution in [0.5, 0.6) is 5.75 Å². The van der Waals surface area contributed by atoms with Crippen molar-refractivity contribution in [3.8, 4) is 5.75 Å². The van der Waals surface area contributed by atoms with Crippen molar-refractivity contribution in [1.29, 1.82) is 0 Å². The molecular weight excluding hydrogens is 238 g/mol. The molecule has 0 saturated carbocycles. The molecule has 0 bridgehead atoms. The number of hydrogen-bond acceptors (Lipinski definition) is 3. The molecule has 1 aromatic carbocycles. The summed E-state index contributed by atoms with van der Waals surface area (Å²) in [6.45, 7) is 5.68. The molecule has 0 amide bonds. The first-order valence-corrected chi connectivity index (χ1v) is 7.35. The van der Waals surface area contributed by atoms with Crippen LogP contribution in [-0.4, -0.2) is 25.4 Å². The van der Waals surface area contributed by atoms with Crippen molar-refractivity contribution >= 4 is 0 Å². The fourth-order valence-corrected chi connectivity index (χ4v) is 2.95. The molecule has 1 fully saturated rings. The molecule has 1 atom stereocenters. The predicted molar refractivity (Wildman–Crippen MR) is 75.6 cm³/mol. The number of nitrogens with one attached hydrogen (secondary N) is 1. The molecule has 0 radical (unpaired) electrons. The lowest BCUT2D eigenvalue weighted by Gasteiger charge is -2.34. The van der Waals surface area contributed by atoms with Gasteiger partial charge in [-0.2, -0.15) is 0 Å². The minimum absolute atomic E-state index is 0.108. The Balaban J connectivity index is 1.69. The molecule has 1 saturated heterocycles. The molecular formula is C16H23NO2. The van der Waals surface area contributed by atoms with Crippen LogP contribution >= 0.6 is 0 Å². The van der Waals surface area contributed by atoms with E-state index >= 15 is 0 Å². The van der Waals surface area contributed by atoms with Crippen LogP contribution in [0.3, 0.4) is 0 Å². The molecule has 2 aliphatic heterocycles. The summed E-state index contributed by atoms with van der Waals surface area (Å²) in [5.74, 6) is 1.03. The van der Waals surface area contributed by atoms with E-state index in [9.17, 15) is 0 Å². The SMILES string of the molecule is CC1(COc2cccc3c2CNCC3)CCCCO1. The predicted octanol–water partition coefficient (Wildman–Crippen LogP) is 2.67. The largest absolute Gasteiger partial charge is 0.490 e. The van der Waals surface area contributed by atoms with E-state index in [1.807, 2.05) is 0 Å². The highest BCUT2D eigenvalue weighted by atomic mass is 16.5. The lowest BCUT2D eigenvalue weighted by atomic mass is 9.96. The van der Waals surface area contributed by atoms with E-state index in [0.29, 0.717) is 6.61 Å². The van der Waals surface area contributed by atoms with Gasteiger partial charge in [-0.15, -0.1) is 0 Å². The van der Waals surface area contributed by atoms with E-state index in [2.05, 4.69) is 30.4 Å². The summed E-state index contributed by atoms with van der Waals surface area (Å²) < 4.78 is 12.0. The second kappa shape index (κ2) is 5.51. The first kappa shape index (κ1) is 12.9. The van der Waals surface area contributed by atoms with Crippen LogP contribution in [0.2, 0.25) is 0 Å². The van der Waals surface area contributed by atoms with Crippen LogP contribution in [-0.2, 0) is 17.7 Å². The van der Waals surface area contributed by atoms with Crippen LogP contribution in [0.25, 0.3) is 0 Å². The molecule has 2 heterocycles. The number of fused-ring (bicyclic) bond motifs is 1. The average Bonchev–Trinajstić information content (AvgIpc) is 2.46. The van der Waals surface area contributed by atoms with Crippen molar-refractivity contribution in [3.63, 3.8) is 0 Å². The Morgan fingerprint density at radius 2 is 2.32 bits per heavy atom. The molecule has 1 aromatic rings. The minimum Gasteiger partial charge on any atom is -0.490 e. The summed E-state index contributed by atoms with van der Waals surface area (Å²) in [4.78, 5) is 0. The summed E-state index contributed by atoms with van der Waals surface area (Å²) in [6.07, 6.45) is 4.62. The van der Waals surface area contributed by atoms with E-state index in [1.54, 1.807) is 0 Å². The van der Waals surface area contributed by atoms with Crippen molar-refractivity contribution in [2.75, 3.05) is 19.8 Å². The van der Waals surface area contributed by atoms with E-state index in [0.717, 1.165) is 38.3 Å². The topological polar surface area (TPSA) is 30.5 Å². The summed E-state index contributed by atoms with van der Waals surface area (Å²) in [6, 6.07) is 6.39. The van der Waals surface area contributed by atoms with Crippen molar-refractivity contribution in [2.45, 2.75) is 44.8 Å². The third kappa shape index (κ3) is 2.93. The van der Waals surface area contributed by atoms with Crippen LogP contribution < -0.4 is 10.1 Å². The monoisotopic (exact) mass is 261 g/mol. The first-order valence-electron chi connectivity index (χ1n) is 7.35. The van der Waals surface area contributed by atoms with Gasteiger partial charge in [-0.25, -0.2) is 0 Å². The third-order valence-corrected chi connectivity index (χ3v) is 4.19. The molecule has 19 heavy (non-hydrogen) atoms. The van der Waals surface area contributed by atoms with Gasteiger partial charge in [-0.3, -0.25) is 0 Å². The van der Waals surface area contributed by atoms with Crippen LogP contribution in [0, 0.1) is 0 Å². The minimum atomic E-state index is -0.108. The molecule has 2 aliphatic rings. The van der Waals surface area contributed by atoms with Crippen molar-refractivity contribution < 1.29 is 9.47 Å². The van der Waals surface area contributed by atoms with E-state index in [-0.39, 0.29) is 5.60 Å². The summed E-state index contributed by atoms with van der Waals surface area (Å²) in [7, 11) is 0. The maximum atomic E-state index is 6.08. The summed E-state index contributed by atoms with van der Waals surface area (Å²) in [5.41, 5.74) is 2.64. The van der Waals surface area contributed by atoms with E-state index < -0.39 is 0 Å². The molecule has 0 spiro atoms. The second-order valence-electron chi connectivity index (χ2n) is 5.86. The number of rotatable bonds is 3. The molecule has 3 rings (SSSR count). The zero-order valence-electron chi connectivity index (χ0n) is 11.7. The molecule has 104 valence electrons. The smallest absolute Gasteiger partial charge is 0.124 e. The highest BCUT2D eigenvalue weighted by Crippen LogP contribution is 2.29. The second-order valence-corrected chi connectivity index (χ2v) is 5.86. The van der Waals surface area contributed by atoms with Gasteiger partial charge in [-0.05, 0) is 50.8 Å². The Kier molecular flexibility index (Phi) is 3.76. The van der Waals surface area contributed by atoms with Gasteiger partial charge in [0, 0.05) is 18.7 Å². The van der Waals surface area contributed by atoms with Gasteiger partial charge < -0.3 is 14.8 Å². The fraction of sp³-hybridized carbons (Fsp3) is 0.625. The molecule has 3 nitrogen and oxygen atoms in total. The average molecular weight is 261 g/mol. The Morgan fingerprint density at radius 3 is 3.16 bits per heavy atom. The molecule has 0 aliphatic carbocycles. The molecule has 1 N–H and O–H groups in total. The highest BCUT2D eigenvalue weighted by Gasteiger charge is 2.29. The maximum Gasteiger partial charge on any atom is 0.124 e. The summed E-state index contributed by atoms with van der Waals surface area (Å²) >= 11 is 0.